The van der Waals surface area contributed by atoms with Crippen LogP contribution in [0.4, 0.5) is 4.79 Å². The highest BCUT2D eigenvalue weighted by Gasteiger charge is 2.44. The van der Waals surface area contributed by atoms with Crippen LogP contribution in [0.1, 0.15) is 34.1 Å². The number of carbonyl (C=O) groups is 2. The number of imidazole rings is 1. The van der Waals surface area contributed by atoms with Crippen LogP contribution in [0.15, 0.2) is 18.7 Å². The van der Waals surface area contributed by atoms with Crippen LogP contribution in [0.2, 0.25) is 0 Å². The van der Waals surface area contributed by atoms with Crippen LogP contribution >= 0.6 is 0 Å². The van der Waals surface area contributed by atoms with E-state index in [9.17, 15) is 14.7 Å². The Labute approximate surface area is 124 Å². The molecule has 1 heterocycles. The molecular weight excluding hydrogens is 272 g/mol. The smallest absolute Gasteiger partial charge is 0.315 e. The normalized spacial score (nSPS) is 12.0. The number of urea groups is 1. The maximum absolute atomic E-state index is 11.9. The van der Waals surface area contributed by atoms with E-state index in [-0.39, 0.29) is 6.03 Å². The average molecular weight is 296 g/mol. The first kappa shape index (κ1) is 17.0. The zero-order valence-corrected chi connectivity index (χ0v) is 13.0. The third kappa shape index (κ3) is 4.47. The second-order valence-corrected chi connectivity index (χ2v) is 6.09. The van der Waals surface area contributed by atoms with Gasteiger partial charge in [0.05, 0.1) is 17.3 Å². The average Bonchev–Trinajstić information content (AvgIpc) is 2.86. The molecule has 21 heavy (non-hydrogen) atoms. The van der Waals surface area contributed by atoms with Crippen molar-refractivity contribution in [3.8, 4) is 0 Å². The Morgan fingerprint density at radius 3 is 2.48 bits per heavy atom. The van der Waals surface area contributed by atoms with Crippen LogP contribution in [-0.2, 0) is 11.3 Å². The Kier molecular flexibility index (Phi) is 5.34. The van der Waals surface area contributed by atoms with Crippen LogP contribution in [-0.4, -0.2) is 38.7 Å². The van der Waals surface area contributed by atoms with E-state index >= 15 is 0 Å². The fourth-order valence-corrected chi connectivity index (χ4v) is 1.63. The molecule has 0 unspecified atom stereocenters. The molecule has 0 aliphatic carbocycles. The van der Waals surface area contributed by atoms with Crippen molar-refractivity contribution < 1.29 is 14.7 Å². The summed E-state index contributed by atoms with van der Waals surface area (Å²) in [6, 6.07) is -0.361. The number of nitrogens with one attached hydrogen (secondary N) is 2. The lowest BCUT2D eigenvalue weighted by Crippen LogP contribution is -2.59. The molecule has 0 fully saturated rings. The predicted octanol–water partition coefficient (Wildman–Crippen LogP) is 1.46. The van der Waals surface area contributed by atoms with Gasteiger partial charge in [-0.25, -0.2) is 9.78 Å². The first-order chi connectivity index (χ1) is 9.67. The summed E-state index contributed by atoms with van der Waals surface area (Å²) in [5.74, 6) is -0.951. The number of amides is 2. The van der Waals surface area contributed by atoms with Gasteiger partial charge in [-0.05, 0) is 34.1 Å². The van der Waals surface area contributed by atoms with Gasteiger partial charge in [-0.15, -0.1) is 0 Å². The summed E-state index contributed by atoms with van der Waals surface area (Å²) in [7, 11) is 0. The number of hydrogen-bond donors (Lipinski definition) is 3. The molecule has 7 nitrogen and oxygen atoms in total. The Bertz CT molecular complexity index is 480. The molecule has 1 aromatic rings. The van der Waals surface area contributed by atoms with Crippen molar-refractivity contribution in [2.45, 2.75) is 46.2 Å². The number of aromatic nitrogens is 2. The van der Waals surface area contributed by atoms with E-state index in [2.05, 4.69) is 15.6 Å². The molecule has 0 aromatic carbocycles. The number of nitrogens with zero attached hydrogens (tertiary/aromatic N) is 2. The van der Waals surface area contributed by atoms with E-state index < -0.39 is 16.9 Å². The van der Waals surface area contributed by atoms with Gasteiger partial charge in [-0.3, -0.25) is 4.79 Å². The molecule has 0 bridgehead atoms. The van der Waals surface area contributed by atoms with Gasteiger partial charge in [-0.2, -0.15) is 0 Å². The second kappa shape index (κ2) is 6.60. The molecule has 0 saturated carbocycles. The summed E-state index contributed by atoms with van der Waals surface area (Å²) in [5, 5.41) is 14.7. The molecule has 0 spiro atoms. The van der Waals surface area contributed by atoms with Gasteiger partial charge in [0.2, 0.25) is 0 Å². The summed E-state index contributed by atoms with van der Waals surface area (Å²) in [6.45, 7) is 7.86. The molecule has 1 aromatic heterocycles. The van der Waals surface area contributed by atoms with Crippen LogP contribution in [0.5, 0.6) is 0 Å². The summed E-state index contributed by atoms with van der Waals surface area (Å²) in [4.78, 5) is 27.1. The SMILES string of the molecule is CC(C)(NC(=O)NCCCn1ccnc1)C(C)(C)C(=O)O. The van der Waals surface area contributed by atoms with Crippen molar-refractivity contribution in [2.24, 2.45) is 5.41 Å². The molecule has 0 atom stereocenters. The van der Waals surface area contributed by atoms with Gasteiger partial charge in [-0.1, -0.05) is 0 Å². The molecule has 1 rings (SSSR count). The monoisotopic (exact) mass is 296 g/mol. The van der Waals surface area contributed by atoms with E-state index in [1.165, 1.54) is 0 Å². The summed E-state index contributed by atoms with van der Waals surface area (Å²) in [6.07, 6.45) is 6.06. The predicted molar refractivity (Wildman–Crippen MR) is 78.9 cm³/mol. The van der Waals surface area contributed by atoms with Crippen LogP contribution < -0.4 is 10.6 Å². The quantitative estimate of drug-likeness (QED) is 0.664. The Balaban J connectivity index is 2.37. The third-order valence-electron chi connectivity index (χ3n) is 3.96. The van der Waals surface area contributed by atoms with Crippen molar-refractivity contribution in [3.63, 3.8) is 0 Å². The largest absolute Gasteiger partial charge is 0.481 e. The van der Waals surface area contributed by atoms with E-state index in [0.29, 0.717) is 6.54 Å². The van der Waals surface area contributed by atoms with Gasteiger partial charge < -0.3 is 20.3 Å². The van der Waals surface area contributed by atoms with Gasteiger partial charge in [0.1, 0.15) is 0 Å². The minimum atomic E-state index is -1.07. The lowest BCUT2D eigenvalue weighted by atomic mass is 9.74. The second-order valence-electron chi connectivity index (χ2n) is 6.09. The van der Waals surface area contributed by atoms with E-state index in [1.54, 1.807) is 40.2 Å². The van der Waals surface area contributed by atoms with Crippen molar-refractivity contribution in [1.29, 1.82) is 0 Å². The maximum atomic E-state index is 11.9. The number of rotatable bonds is 7. The Morgan fingerprint density at radius 2 is 1.95 bits per heavy atom. The zero-order valence-electron chi connectivity index (χ0n) is 13.0. The summed E-state index contributed by atoms with van der Waals surface area (Å²) >= 11 is 0. The number of aryl methyl sites for hydroxylation is 1. The molecule has 0 aliphatic heterocycles. The maximum Gasteiger partial charge on any atom is 0.315 e. The van der Waals surface area contributed by atoms with Gasteiger partial charge in [0, 0.05) is 25.5 Å². The van der Waals surface area contributed by atoms with Gasteiger partial charge in [0.15, 0.2) is 0 Å². The van der Waals surface area contributed by atoms with Crippen molar-refractivity contribution in [2.75, 3.05) is 6.54 Å². The fourth-order valence-electron chi connectivity index (χ4n) is 1.63. The molecule has 0 radical (unpaired) electrons. The van der Waals surface area contributed by atoms with Gasteiger partial charge in [0.25, 0.3) is 0 Å². The number of carboxylic acid groups (broad SMARTS) is 1. The summed E-state index contributed by atoms with van der Waals surface area (Å²) < 4.78 is 1.93. The van der Waals surface area contributed by atoms with Crippen molar-refractivity contribution in [1.82, 2.24) is 20.2 Å². The first-order valence-corrected chi connectivity index (χ1v) is 6.92. The lowest BCUT2D eigenvalue weighted by Gasteiger charge is -2.38. The minimum absolute atomic E-state index is 0.361. The molecular formula is C14H24N4O3. The fraction of sp³-hybridized carbons (Fsp3) is 0.643. The van der Waals surface area contributed by atoms with Crippen LogP contribution in [0.25, 0.3) is 0 Å². The minimum Gasteiger partial charge on any atom is -0.481 e. The van der Waals surface area contributed by atoms with Crippen molar-refractivity contribution >= 4 is 12.0 Å². The molecule has 118 valence electrons. The zero-order chi connectivity index (χ0) is 16.1. The lowest BCUT2D eigenvalue weighted by molar-refractivity contribution is -0.150. The van der Waals surface area contributed by atoms with Gasteiger partial charge >= 0.3 is 12.0 Å². The topological polar surface area (TPSA) is 96.3 Å². The van der Waals surface area contributed by atoms with E-state index in [0.717, 1.165) is 13.0 Å². The summed E-state index contributed by atoms with van der Waals surface area (Å²) in [5.41, 5.74) is -1.94. The van der Waals surface area contributed by atoms with E-state index in [1.807, 2.05) is 10.8 Å². The highest BCUT2D eigenvalue weighted by molar-refractivity contribution is 5.79. The van der Waals surface area contributed by atoms with Crippen LogP contribution in [0.3, 0.4) is 0 Å². The standard InChI is InChI=1S/C14H24N4O3/c1-13(2,11(19)20)14(3,4)17-12(21)16-6-5-8-18-9-7-15-10-18/h7,9-10H,5-6,8H2,1-4H3,(H,19,20)(H2,16,17,21). The third-order valence-corrected chi connectivity index (χ3v) is 3.96. The molecule has 3 N–H and O–H groups in total. The number of aliphatic carboxylic acids is 1. The molecule has 7 heteroatoms. The number of carbonyl (C=O) groups excluding carboxylic acids is 1. The Morgan fingerprint density at radius 1 is 1.29 bits per heavy atom. The number of carboxylic acids is 1. The molecule has 2 amide bonds. The van der Waals surface area contributed by atoms with E-state index in [4.69, 9.17) is 0 Å². The molecule has 0 aliphatic rings. The number of hydrogen-bond acceptors (Lipinski definition) is 3. The highest BCUT2D eigenvalue weighted by Crippen LogP contribution is 2.30. The Hall–Kier alpha value is -2.05. The molecule has 0 saturated heterocycles. The first-order valence-electron chi connectivity index (χ1n) is 6.92. The highest BCUT2D eigenvalue weighted by atomic mass is 16.4. The van der Waals surface area contributed by atoms with Crippen LogP contribution in [0, 0.1) is 5.41 Å². The van der Waals surface area contributed by atoms with Crippen molar-refractivity contribution in [3.05, 3.63) is 18.7 Å².